The summed E-state index contributed by atoms with van der Waals surface area (Å²) in [6.07, 6.45) is 4.02. The number of benzene rings is 1. The maximum Gasteiger partial charge on any atom is 0.243 e. The van der Waals surface area contributed by atoms with Crippen molar-refractivity contribution >= 4 is 27.5 Å². The van der Waals surface area contributed by atoms with Crippen molar-refractivity contribution in [3.8, 4) is 0 Å². The standard InChI is InChI=1S/C15H15BrN4/c16-13-8-9-14-18-15(19-20(14)11-13)17-10-4-7-12-5-2-1-3-6-12/h1-3,5-6,8-9,11H,4,7,10H2,(H,17,19). The van der Waals surface area contributed by atoms with Gasteiger partial charge in [0.25, 0.3) is 0 Å². The number of nitrogens with zero attached hydrogens (tertiary/aromatic N) is 3. The first-order valence-corrected chi connectivity index (χ1v) is 7.40. The van der Waals surface area contributed by atoms with Gasteiger partial charge < -0.3 is 5.32 Å². The summed E-state index contributed by atoms with van der Waals surface area (Å²) in [4.78, 5) is 4.42. The molecular formula is C15H15BrN4. The van der Waals surface area contributed by atoms with Crippen LogP contribution in [0.1, 0.15) is 12.0 Å². The van der Waals surface area contributed by atoms with Crippen molar-refractivity contribution in [2.45, 2.75) is 12.8 Å². The van der Waals surface area contributed by atoms with Gasteiger partial charge in [-0.15, -0.1) is 5.10 Å². The van der Waals surface area contributed by atoms with E-state index in [1.54, 1.807) is 4.52 Å². The number of rotatable bonds is 5. The number of pyridine rings is 1. The molecule has 2 heterocycles. The van der Waals surface area contributed by atoms with Crippen LogP contribution in [-0.4, -0.2) is 21.1 Å². The Labute approximate surface area is 126 Å². The molecule has 0 saturated carbocycles. The van der Waals surface area contributed by atoms with Gasteiger partial charge in [0.15, 0.2) is 5.65 Å². The van der Waals surface area contributed by atoms with Gasteiger partial charge in [0.1, 0.15) is 0 Å². The minimum absolute atomic E-state index is 0.677. The highest BCUT2D eigenvalue weighted by atomic mass is 79.9. The van der Waals surface area contributed by atoms with E-state index in [-0.39, 0.29) is 0 Å². The second-order valence-electron chi connectivity index (χ2n) is 4.60. The van der Waals surface area contributed by atoms with Crippen LogP contribution < -0.4 is 5.32 Å². The Hall–Kier alpha value is -1.88. The van der Waals surface area contributed by atoms with Crippen molar-refractivity contribution in [1.82, 2.24) is 14.6 Å². The first kappa shape index (κ1) is 13.1. The molecule has 0 bridgehead atoms. The van der Waals surface area contributed by atoms with Crippen LogP contribution in [0.3, 0.4) is 0 Å². The number of fused-ring (bicyclic) bond motifs is 1. The van der Waals surface area contributed by atoms with E-state index in [9.17, 15) is 0 Å². The number of hydrogen-bond donors (Lipinski definition) is 1. The van der Waals surface area contributed by atoms with Crippen LogP contribution in [0, 0.1) is 0 Å². The van der Waals surface area contributed by atoms with Gasteiger partial charge in [-0.3, -0.25) is 0 Å². The third kappa shape index (κ3) is 3.17. The van der Waals surface area contributed by atoms with Crippen molar-refractivity contribution in [3.05, 3.63) is 58.7 Å². The Morgan fingerprint density at radius 2 is 1.95 bits per heavy atom. The smallest absolute Gasteiger partial charge is 0.243 e. The molecule has 0 saturated heterocycles. The van der Waals surface area contributed by atoms with Crippen molar-refractivity contribution in [2.24, 2.45) is 0 Å². The molecular weight excluding hydrogens is 316 g/mol. The third-order valence-electron chi connectivity index (χ3n) is 3.06. The zero-order valence-corrected chi connectivity index (χ0v) is 12.5. The Kier molecular flexibility index (Phi) is 3.97. The predicted molar refractivity (Wildman–Crippen MR) is 83.9 cm³/mol. The largest absolute Gasteiger partial charge is 0.353 e. The molecule has 3 rings (SSSR count). The summed E-state index contributed by atoms with van der Waals surface area (Å²) in [5.41, 5.74) is 2.21. The topological polar surface area (TPSA) is 42.2 Å². The van der Waals surface area contributed by atoms with Gasteiger partial charge in [0, 0.05) is 17.2 Å². The fourth-order valence-corrected chi connectivity index (χ4v) is 2.40. The summed E-state index contributed by atoms with van der Waals surface area (Å²) < 4.78 is 2.76. The molecule has 1 N–H and O–H groups in total. The molecule has 5 heteroatoms. The lowest BCUT2D eigenvalue weighted by molar-refractivity contribution is 0.849. The molecule has 20 heavy (non-hydrogen) atoms. The third-order valence-corrected chi connectivity index (χ3v) is 3.53. The number of halogens is 1. The molecule has 2 aromatic heterocycles. The summed E-state index contributed by atoms with van der Waals surface area (Å²) in [6, 6.07) is 14.4. The maximum atomic E-state index is 4.42. The fourth-order valence-electron chi connectivity index (χ4n) is 2.07. The number of nitrogens with one attached hydrogen (secondary N) is 1. The van der Waals surface area contributed by atoms with Crippen LogP contribution in [0.2, 0.25) is 0 Å². The van der Waals surface area contributed by atoms with Gasteiger partial charge in [0.2, 0.25) is 5.95 Å². The molecule has 0 aliphatic heterocycles. The van der Waals surface area contributed by atoms with Crippen LogP contribution >= 0.6 is 15.9 Å². The van der Waals surface area contributed by atoms with Crippen molar-refractivity contribution in [2.75, 3.05) is 11.9 Å². The second-order valence-corrected chi connectivity index (χ2v) is 5.52. The number of hydrogen-bond acceptors (Lipinski definition) is 3. The van der Waals surface area contributed by atoms with Crippen molar-refractivity contribution in [3.63, 3.8) is 0 Å². The van der Waals surface area contributed by atoms with Crippen LogP contribution in [0.25, 0.3) is 5.65 Å². The van der Waals surface area contributed by atoms with Gasteiger partial charge in [-0.2, -0.15) is 4.98 Å². The molecule has 3 aromatic rings. The lowest BCUT2D eigenvalue weighted by Gasteiger charge is -2.02. The summed E-state index contributed by atoms with van der Waals surface area (Å²) in [5, 5.41) is 7.65. The molecule has 1 aromatic carbocycles. The van der Waals surface area contributed by atoms with E-state index in [0.717, 1.165) is 29.5 Å². The van der Waals surface area contributed by atoms with Gasteiger partial charge in [-0.05, 0) is 46.5 Å². The number of aryl methyl sites for hydroxylation is 1. The fraction of sp³-hybridized carbons (Fsp3) is 0.200. The van der Waals surface area contributed by atoms with Gasteiger partial charge in [0.05, 0.1) is 0 Å². The second kappa shape index (κ2) is 6.05. The quantitative estimate of drug-likeness (QED) is 0.727. The minimum atomic E-state index is 0.677. The van der Waals surface area contributed by atoms with E-state index >= 15 is 0 Å². The maximum absolute atomic E-state index is 4.42. The Morgan fingerprint density at radius 1 is 1.10 bits per heavy atom. The van der Waals surface area contributed by atoms with Crippen LogP contribution in [0.4, 0.5) is 5.95 Å². The van der Waals surface area contributed by atoms with Crippen LogP contribution in [0.5, 0.6) is 0 Å². The molecule has 0 aliphatic carbocycles. The zero-order valence-electron chi connectivity index (χ0n) is 11.0. The Bertz CT molecular complexity index is 693. The minimum Gasteiger partial charge on any atom is -0.353 e. The Morgan fingerprint density at radius 3 is 2.80 bits per heavy atom. The van der Waals surface area contributed by atoms with E-state index < -0.39 is 0 Å². The molecule has 0 radical (unpaired) electrons. The highest BCUT2D eigenvalue weighted by molar-refractivity contribution is 9.10. The summed E-state index contributed by atoms with van der Waals surface area (Å²) in [5.74, 6) is 0.677. The molecule has 0 spiro atoms. The normalized spacial score (nSPS) is 10.8. The lowest BCUT2D eigenvalue weighted by atomic mass is 10.1. The zero-order chi connectivity index (χ0) is 13.8. The van der Waals surface area contributed by atoms with E-state index in [1.165, 1.54) is 5.56 Å². The van der Waals surface area contributed by atoms with Crippen LogP contribution in [-0.2, 0) is 6.42 Å². The average molecular weight is 331 g/mol. The number of anilines is 1. The van der Waals surface area contributed by atoms with E-state index in [0.29, 0.717) is 5.95 Å². The number of aromatic nitrogens is 3. The van der Waals surface area contributed by atoms with Crippen molar-refractivity contribution in [1.29, 1.82) is 0 Å². The molecule has 0 fully saturated rings. The summed E-state index contributed by atoms with van der Waals surface area (Å²) >= 11 is 3.42. The molecule has 102 valence electrons. The van der Waals surface area contributed by atoms with Crippen LogP contribution in [0.15, 0.2) is 53.1 Å². The van der Waals surface area contributed by atoms with Crippen molar-refractivity contribution < 1.29 is 0 Å². The summed E-state index contributed by atoms with van der Waals surface area (Å²) in [7, 11) is 0. The predicted octanol–water partition coefficient (Wildman–Crippen LogP) is 3.54. The first-order chi connectivity index (χ1) is 9.81. The highest BCUT2D eigenvalue weighted by Gasteiger charge is 2.02. The van der Waals surface area contributed by atoms with Gasteiger partial charge in [-0.1, -0.05) is 30.3 Å². The Balaban J connectivity index is 1.55. The van der Waals surface area contributed by atoms with Gasteiger partial charge in [-0.25, -0.2) is 4.52 Å². The monoisotopic (exact) mass is 330 g/mol. The highest BCUT2D eigenvalue weighted by Crippen LogP contribution is 2.12. The lowest BCUT2D eigenvalue weighted by Crippen LogP contribution is -2.04. The summed E-state index contributed by atoms with van der Waals surface area (Å²) in [6.45, 7) is 0.868. The molecule has 4 nitrogen and oxygen atoms in total. The van der Waals surface area contributed by atoms with E-state index in [4.69, 9.17) is 0 Å². The molecule has 0 amide bonds. The molecule has 0 aliphatic rings. The van der Waals surface area contributed by atoms with E-state index in [2.05, 4.69) is 55.6 Å². The van der Waals surface area contributed by atoms with E-state index in [1.807, 2.05) is 24.4 Å². The molecule has 0 unspecified atom stereocenters. The average Bonchev–Trinajstić information content (AvgIpc) is 2.86. The first-order valence-electron chi connectivity index (χ1n) is 6.61. The molecule has 0 atom stereocenters. The SMILES string of the molecule is Brc1ccc2nc(NCCCc3ccccc3)nn2c1. The van der Waals surface area contributed by atoms with Gasteiger partial charge >= 0.3 is 0 Å².